The van der Waals surface area contributed by atoms with Crippen LogP contribution in [0.2, 0.25) is 0 Å². The van der Waals surface area contributed by atoms with Gasteiger partial charge in [-0.2, -0.15) is 0 Å². The van der Waals surface area contributed by atoms with Crippen molar-refractivity contribution in [2.45, 2.75) is 39.0 Å². The van der Waals surface area contributed by atoms with E-state index in [1.54, 1.807) is 0 Å². The van der Waals surface area contributed by atoms with Crippen LogP contribution in [-0.2, 0) is 27.4 Å². The zero-order valence-corrected chi connectivity index (χ0v) is 16.4. The van der Waals surface area contributed by atoms with Crippen LogP contribution < -0.4 is 11.1 Å². The third-order valence-electron chi connectivity index (χ3n) is 4.13. The molecule has 146 valence electrons. The van der Waals surface area contributed by atoms with Crippen LogP contribution in [0, 0.1) is 5.92 Å². The average Bonchev–Trinajstić information content (AvgIpc) is 2.66. The Balaban J connectivity index is 0.00000364. The van der Waals surface area contributed by atoms with Crippen LogP contribution in [0.25, 0.3) is 0 Å². The number of nitrogens with one attached hydrogen (secondary N) is 1. The molecule has 0 bridgehead atoms. The molecule has 2 aromatic rings. The summed E-state index contributed by atoms with van der Waals surface area (Å²) in [5, 5.41) is 2.74. The van der Waals surface area contributed by atoms with E-state index in [0.717, 1.165) is 11.1 Å². The van der Waals surface area contributed by atoms with Crippen LogP contribution in [0.4, 0.5) is 0 Å². The maximum Gasteiger partial charge on any atom is 0.329 e. The fraction of sp³-hybridized carbons (Fsp3) is 0.333. The maximum atomic E-state index is 12.6. The van der Waals surface area contributed by atoms with Gasteiger partial charge in [0.2, 0.25) is 5.91 Å². The predicted octanol–water partition coefficient (Wildman–Crippen LogP) is 2.86. The minimum atomic E-state index is -0.779. The number of amides is 1. The van der Waals surface area contributed by atoms with E-state index in [0.29, 0.717) is 6.42 Å². The summed E-state index contributed by atoms with van der Waals surface area (Å²) in [6.07, 6.45) is 0.352. The monoisotopic (exact) mass is 390 g/mol. The summed E-state index contributed by atoms with van der Waals surface area (Å²) < 4.78 is 5.41. The summed E-state index contributed by atoms with van der Waals surface area (Å²) in [6.45, 7) is 3.89. The number of halogens is 1. The number of carbonyl (C=O) groups excluding carboxylic acids is 2. The number of hydrogen-bond donors (Lipinski definition) is 2. The third-order valence-corrected chi connectivity index (χ3v) is 4.13. The standard InChI is InChI=1S/C21H26N2O3.ClH/c1-15(2)19(22)20(24)23-18(13-16-9-5-3-6-10-16)21(25)26-14-17-11-7-4-8-12-17;/h3-12,15,18-19H,13-14,22H2,1-2H3,(H,23,24);1H/t18-,19-;/m0./s1. The molecule has 0 spiro atoms. The Labute approximate surface area is 166 Å². The smallest absolute Gasteiger partial charge is 0.329 e. The number of carbonyl (C=O) groups is 2. The first-order valence-electron chi connectivity index (χ1n) is 8.78. The SMILES string of the molecule is CC(C)[C@H](N)C(=O)N[C@@H](Cc1ccccc1)C(=O)OCc1ccccc1.Cl. The van der Waals surface area contributed by atoms with Crippen molar-refractivity contribution in [2.24, 2.45) is 11.7 Å². The molecule has 0 radical (unpaired) electrons. The van der Waals surface area contributed by atoms with Gasteiger partial charge in [-0.15, -0.1) is 12.4 Å². The maximum absolute atomic E-state index is 12.6. The molecule has 6 heteroatoms. The summed E-state index contributed by atoms with van der Waals surface area (Å²) in [7, 11) is 0. The van der Waals surface area contributed by atoms with Gasteiger partial charge in [-0.05, 0) is 17.0 Å². The van der Waals surface area contributed by atoms with E-state index in [1.165, 1.54) is 0 Å². The Morgan fingerprint density at radius 2 is 1.48 bits per heavy atom. The van der Waals surface area contributed by atoms with E-state index in [2.05, 4.69) is 5.32 Å². The Bertz CT molecular complexity index is 708. The second kappa shape index (κ2) is 11.4. The lowest BCUT2D eigenvalue weighted by atomic mass is 10.0. The number of rotatable bonds is 8. The van der Waals surface area contributed by atoms with Gasteiger partial charge in [0.15, 0.2) is 0 Å². The molecule has 2 atom stereocenters. The molecule has 0 aliphatic rings. The molecule has 0 aliphatic carbocycles. The highest BCUT2D eigenvalue weighted by Gasteiger charge is 2.26. The first-order chi connectivity index (χ1) is 12.5. The third kappa shape index (κ3) is 7.41. The fourth-order valence-electron chi connectivity index (χ4n) is 2.44. The minimum Gasteiger partial charge on any atom is -0.459 e. The first-order valence-corrected chi connectivity index (χ1v) is 8.78. The van der Waals surface area contributed by atoms with Gasteiger partial charge < -0.3 is 15.8 Å². The summed E-state index contributed by atoms with van der Waals surface area (Å²) in [6, 6.07) is 17.5. The van der Waals surface area contributed by atoms with Crippen LogP contribution in [0.15, 0.2) is 60.7 Å². The Morgan fingerprint density at radius 1 is 0.963 bits per heavy atom. The average molecular weight is 391 g/mol. The van der Waals surface area contributed by atoms with E-state index in [9.17, 15) is 9.59 Å². The topological polar surface area (TPSA) is 81.4 Å². The zero-order chi connectivity index (χ0) is 18.9. The molecule has 0 saturated heterocycles. The first kappa shape index (κ1) is 22.7. The van der Waals surface area contributed by atoms with Crippen LogP contribution in [-0.4, -0.2) is 24.0 Å². The molecule has 27 heavy (non-hydrogen) atoms. The number of hydrogen-bond acceptors (Lipinski definition) is 4. The molecule has 5 nitrogen and oxygen atoms in total. The van der Waals surface area contributed by atoms with Gasteiger partial charge in [0.05, 0.1) is 6.04 Å². The lowest BCUT2D eigenvalue weighted by Crippen LogP contribution is -2.51. The van der Waals surface area contributed by atoms with Gasteiger partial charge in [0.25, 0.3) is 0 Å². The Morgan fingerprint density at radius 3 is 2.00 bits per heavy atom. The zero-order valence-electron chi connectivity index (χ0n) is 15.6. The van der Waals surface area contributed by atoms with Crippen molar-refractivity contribution >= 4 is 24.3 Å². The molecule has 1 amide bonds. The van der Waals surface area contributed by atoms with E-state index < -0.39 is 18.1 Å². The van der Waals surface area contributed by atoms with Gasteiger partial charge in [0, 0.05) is 6.42 Å². The number of ether oxygens (including phenoxy) is 1. The molecule has 2 rings (SSSR count). The van der Waals surface area contributed by atoms with Crippen LogP contribution in [0.1, 0.15) is 25.0 Å². The summed E-state index contributed by atoms with van der Waals surface area (Å²) in [5.74, 6) is -0.840. The second-order valence-corrected chi connectivity index (χ2v) is 6.61. The molecule has 2 aromatic carbocycles. The van der Waals surface area contributed by atoms with E-state index >= 15 is 0 Å². The summed E-state index contributed by atoms with van der Waals surface area (Å²) in [4.78, 5) is 24.9. The highest BCUT2D eigenvalue weighted by atomic mass is 35.5. The Kier molecular flexibility index (Phi) is 9.54. The molecule has 3 N–H and O–H groups in total. The van der Waals surface area contributed by atoms with E-state index in [4.69, 9.17) is 10.5 Å². The largest absolute Gasteiger partial charge is 0.459 e. The molecule has 0 fully saturated rings. The molecule has 0 aliphatic heterocycles. The van der Waals surface area contributed by atoms with Gasteiger partial charge in [0.1, 0.15) is 12.6 Å². The van der Waals surface area contributed by atoms with E-state index in [-0.39, 0.29) is 30.8 Å². The second-order valence-electron chi connectivity index (χ2n) is 6.61. The fourth-order valence-corrected chi connectivity index (χ4v) is 2.44. The van der Waals surface area contributed by atoms with Gasteiger partial charge in [-0.3, -0.25) is 4.79 Å². The molecule has 0 heterocycles. The van der Waals surface area contributed by atoms with Crippen molar-refractivity contribution in [3.8, 4) is 0 Å². The summed E-state index contributed by atoms with van der Waals surface area (Å²) >= 11 is 0. The normalized spacial score (nSPS) is 12.6. The molecule has 0 unspecified atom stereocenters. The lowest BCUT2D eigenvalue weighted by Gasteiger charge is -2.21. The van der Waals surface area contributed by atoms with Crippen LogP contribution in [0.5, 0.6) is 0 Å². The Hall–Kier alpha value is -2.37. The summed E-state index contributed by atoms with van der Waals surface area (Å²) in [5.41, 5.74) is 7.73. The number of nitrogens with two attached hydrogens (primary N) is 1. The van der Waals surface area contributed by atoms with Crippen molar-refractivity contribution in [3.05, 3.63) is 71.8 Å². The molecular weight excluding hydrogens is 364 g/mol. The van der Waals surface area contributed by atoms with Crippen molar-refractivity contribution < 1.29 is 14.3 Å². The lowest BCUT2D eigenvalue weighted by molar-refractivity contribution is -0.149. The van der Waals surface area contributed by atoms with Crippen molar-refractivity contribution in [3.63, 3.8) is 0 Å². The van der Waals surface area contributed by atoms with Crippen molar-refractivity contribution in [1.82, 2.24) is 5.32 Å². The quantitative estimate of drug-likeness (QED) is 0.679. The van der Waals surface area contributed by atoms with Crippen LogP contribution >= 0.6 is 12.4 Å². The van der Waals surface area contributed by atoms with Crippen molar-refractivity contribution in [1.29, 1.82) is 0 Å². The van der Waals surface area contributed by atoms with Gasteiger partial charge >= 0.3 is 5.97 Å². The number of benzene rings is 2. The number of esters is 1. The molecule has 0 aromatic heterocycles. The van der Waals surface area contributed by atoms with E-state index in [1.807, 2.05) is 74.5 Å². The van der Waals surface area contributed by atoms with Crippen molar-refractivity contribution in [2.75, 3.05) is 0 Å². The van der Waals surface area contributed by atoms with Gasteiger partial charge in [-0.1, -0.05) is 74.5 Å². The molecular formula is C21H27ClN2O3. The van der Waals surface area contributed by atoms with Gasteiger partial charge in [-0.25, -0.2) is 4.79 Å². The minimum absolute atomic E-state index is 0. The highest BCUT2D eigenvalue weighted by Crippen LogP contribution is 2.08. The predicted molar refractivity (Wildman–Crippen MR) is 108 cm³/mol. The highest BCUT2D eigenvalue weighted by molar-refractivity contribution is 5.87. The van der Waals surface area contributed by atoms with Crippen LogP contribution in [0.3, 0.4) is 0 Å². The molecule has 0 saturated carbocycles.